The van der Waals surface area contributed by atoms with E-state index >= 15 is 0 Å². The average molecular weight is 233 g/mol. The molecule has 2 N–H and O–H groups in total. The molecule has 0 saturated heterocycles. The predicted molar refractivity (Wildman–Crippen MR) is 66.7 cm³/mol. The summed E-state index contributed by atoms with van der Waals surface area (Å²) in [7, 11) is 0. The molecule has 1 aliphatic rings. The van der Waals surface area contributed by atoms with Crippen molar-refractivity contribution in [3.05, 3.63) is 30.1 Å². The molecule has 1 aromatic heterocycles. The second-order valence-electron chi connectivity index (χ2n) is 4.49. The minimum absolute atomic E-state index is 0.0362. The van der Waals surface area contributed by atoms with E-state index in [0.717, 1.165) is 19.3 Å². The number of amides is 2. The van der Waals surface area contributed by atoms with Crippen LogP contribution in [-0.2, 0) is 6.42 Å². The van der Waals surface area contributed by atoms with Crippen molar-refractivity contribution < 1.29 is 4.79 Å². The largest absolute Gasteiger partial charge is 0.338 e. The highest BCUT2D eigenvalue weighted by Gasteiger charge is 2.16. The summed E-state index contributed by atoms with van der Waals surface area (Å²) in [5.74, 6) is 0. The molecule has 1 saturated carbocycles. The maximum atomic E-state index is 11.6. The number of nitrogens with zero attached hydrogens (tertiary/aromatic N) is 1. The molecule has 0 radical (unpaired) electrons. The molecule has 0 unspecified atom stereocenters. The van der Waals surface area contributed by atoms with Crippen LogP contribution in [0.1, 0.15) is 31.2 Å². The van der Waals surface area contributed by atoms with E-state index in [4.69, 9.17) is 0 Å². The molecule has 4 heteroatoms. The number of urea groups is 1. The molecule has 0 aliphatic heterocycles. The fourth-order valence-electron chi connectivity index (χ4n) is 2.18. The highest BCUT2D eigenvalue weighted by atomic mass is 16.2. The highest BCUT2D eigenvalue weighted by molar-refractivity contribution is 5.74. The van der Waals surface area contributed by atoms with Crippen LogP contribution in [0, 0.1) is 0 Å². The molecule has 1 aromatic rings. The van der Waals surface area contributed by atoms with Crippen LogP contribution in [0.3, 0.4) is 0 Å². The summed E-state index contributed by atoms with van der Waals surface area (Å²) in [5.41, 5.74) is 1.20. The number of carbonyl (C=O) groups excluding carboxylic acids is 1. The van der Waals surface area contributed by atoms with E-state index in [2.05, 4.69) is 15.6 Å². The average Bonchev–Trinajstić information content (AvgIpc) is 2.83. The van der Waals surface area contributed by atoms with Crippen LogP contribution in [0.2, 0.25) is 0 Å². The van der Waals surface area contributed by atoms with E-state index in [9.17, 15) is 4.79 Å². The number of aromatic nitrogens is 1. The summed E-state index contributed by atoms with van der Waals surface area (Å²) in [6.45, 7) is 0.669. The van der Waals surface area contributed by atoms with Crippen LogP contribution >= 0.6 is 0 Å². The standard InChI is InChI=1S/C13H19N3O/c17-13(16-12-3-1-2-4-12)15-10-7-11-5-8-14-9-6-11/h5-6,8-9,12H,1-4,7,10H2,(H2,15,16,17). The van der Waals surface area contributed by atoms with E-state index < -0.39 is 0 Å². The first-order chi connectivity index (χ1) is 8.34. The zero-order chi connectivity index (χ0) is 11.9. The Kier molecular flexibility index (Phi) is 4.36. The molecule has 0 aromatic carbocycles. The maximum Gasteiger partial charge on any atom is 0.315 e. The lowest BCUT2D eigenvalue weighted by Crippen LogP contribution is -2.41. The van der Waals surface area contributed by atoms with Crippen LogP contribution in [0.5, 0.6) is 0 Å². The molecule has 1 aliphatic carbocycles. The van der Waals surface area contributed by atoms with Gasteiger partial charge in [0, 0.05) is 25.0 Å². The highest BCUT2D eigenvalue weighted by Crippen LogP contribution is 2.17. The van der Waals surface area contributed by atoms with Gasteiger partial charge in [0.25, 0.3) is 0 Å². The lowest BCUT2D eigenvalue weighted by molar-refractivity contribution is 0.237. The molecular formula is C13H19N3O. The van der Waals surface area contributed by atoms with Gasteiger partial charge in [-0.1, -0.05) is 12.8 Å². The van der Waals surface area contributed by atoms with Crippen LogP contribution in [0.4, 0.5) is 4.79 Å². The molecule has 2 amide bonds. The Morgan fingerprint density at radius 3 is 2.71 bits per heavy atom. The Morgan fingerprint density at radius 2 is 2.00 bits per heavy atom. The van der Waals surface area contributed by atoms with Gasteiger partial charge in [-0.3, -0.25) is 4.98 Å². The Labute approximate surface area is 102 Å². The van der Waals surface area contributed by atoms with Gasteiger partial charge in [0.1, 0.15) is 0 Å². The first-order valence-electron chi connectivity index (χ1n) is 6.28. The van der Waals surface area contributed by atoms with Gasteiger partial charge in [-0.2, -0.15) is 0 Å². The third-order valence-electron chi connectivity index (χ3n) is 3.14. The number of hydrogen-bond donors (Lipinski definition) is 2. The lowest BCUT2D eigenvalue weighted by atomic mass is 10.2. The summed E-state index contributed by atoms with van der Waals surface area (Å²) in [4.78, 5) is 15.5. The molecule has 92 valence electrons. The fourth-order valence-corrected chi connectivity index (χ4v) is 2.18. The van der Waals surface area contributed by atoms with Crippen molar-refractivity contribution in [2.75, 3.05) is 6.54 Å². The second kappa shape index (κ2) is 6.23. The van der Waals surface area contributed by atoms with Crippen molar-refractivity contribution in [2.24, 2.45) is 0 Å². The molecule has 1 heterocycles. The third-order valence-corrected chi connectivity index (χ3v) is 3.14. The topological polar surface area (TPSA) is 54.0 Å². The minimum atomic E-state index is -0.0362. The molecular weight excluding hydrogens is 214 g/mol. The van der Waals surface area contributed by atoms with Crippen LogP contribution in [0.15, 0.2) is 24.5 Å². The Balaban J connectivity index is 1.63. The van der Waals surface area contributed by atoms with Crippen LogP contribution in [-0.4, -0.2) is 23.6 Å². The summed E-state index contributed by atoms with van der Waals surface area (Å²) >= 11 is 0. The fraction of sp³-hybridized carbons (Fsp3) is 0.538. The number of pyridine rings is 1. The zero-order valence-corrected chi connectivity index (χ0v) is 9.98. The van der Waals surface area contributed by atoms with Crippen molar-refractivity contribution in [1.82, 2.24) is 15.6 Å². The monoisotopic (exact) mass is 233 g/mol. The Morgan fingerprint density at radius 1 is 1.29 bits per heavy atom. The molecule has 17 heavy (non-hydrogen) atoms. The van der Waals surface area contributed by atoms with Gasteiger partial charge in [-0.25, -0.2) is 4.79 Å². The quantitative estimate of drug-likeness (QED) is 0.834. The van der Waals surface area contributed by atoms with Crippen molar-refractivity contribution in [3.63, 3.8) is 0 Å². The second-order valence-corrected chi connectivity index (χ2v) is 4.49. The van der Waals surface area contributed by atoms with Gasteiger partial charge in [0.2, 0.25) is 0 Å². The van der Waals surface area contributed by atoms with Gasteiger partial charge >= 0.3 is 6.03 Å². The van der Waals surface area contributed by atoms with Crippen molar-refractivity contribution in [2.45, 2.75) is 38.1 Å². The Bertz CT molecular complexity index is 347. The van der Waals surface area contributed by atoms with E-state index in [1.54, 1.807) is 12.4 Å². The smallest absolute Gasteiger partial charge is 0.315 e. The summed E-state index contributed by atoms with van der Waals surface area (Å²) in [5, 5.41) is 5.89. The van der Waals surface area contributed by atoms with Crippen LogP contribution in [0.25, 0.3) is 0 Å². The van der Waals surface area contributed by atoms with Gasteiger partial charge < -0.3 is 10.6 Å². The number of nitrogens with one attached hydrogen (secondary N) is 2. The molecule has 0 bridgehead atoms. The number of rotatable bonds is 4. The number of hydrogen-bond acceptors (Lipinski definition) is 2. The lowest BCUT2D eigenvalue weighted by Gasteiger charge is -2.12. The number of carbonyl (C=O) groups is 1. The van der Waals surface area contributed by atoms with Gasteiger partial charge in [0.05, 0.1) is 0 Å². The Hall–Kier alpha value is -1.58. The van der Waals surface area contributed by atoms with E-state index in [1.165, 1.54) is 18.4 Å². The van der Waals surface area contributed by atoms with E-state index in [1.807, 2.05) is 12.1 Å². The van der Waals surface area contributed by atoms with E-state index in [-0.39, 0.29) is 6.03 Å². The summed E-state index contributed by atoms with van der Waals surface area (Å²) in [6.07, 6.45) is 9.11. The van der Waals surface area contributed by atoms with Gasteiger partial charge in [0.15, 0.2) is 0 Å². The van der Waals surface area contributed by atoms with Crippen molar-refractivity contribution in [3.8, 4) is 0 Å². The third kappa shape index (κ3) is 4.06. The normalized spacial score (nSPS) is 15.8. The maximum absolute atomic E-state index is 11.6. The first kappa shape index (κ1) is 11.9. The molecule has 4 nitrogen and oxygen atoms in total. The van der Waals surface area contributed by atoms with Crippen molar-refractivity contribution >= 4 is 6.03 Å². The van der Waals surface area contributed by atoms with Crippen LogP contribution < -0.4 is 10.6 Å². The summed E-state index contributed by atoms with van der Waals surface area (Å²) in [6, 6.07) is 4.29. The van der Waals surface area contributed by atoms with Gasteiger partial charge in [-0.05, 0) is 37.0 Å². The molecule has 0 atom stereocenters. The van der Waals surface area contributed by atoms with E-state index in [0.29, 0.717) is 12.6 Å². The summed E-state index contributed by atoms with van der Waals surface area (Å²) < 4.78 is 0. The molecule has 1 fully saturated rings. The minimum Gasteiger partial charge on any atom is -0.338 e. The first-order valence-corrected chi connectivity index (χ1v) is 6.28. The predicted octanol–water partition coefficient (Wildman–Crippen LogP) is 1.87. The molecule has 2 rings (SSSR count). The zero-order valence-electron chi connectivity index (χ0n) is 9.98. The van der Waals surface area contributed by atoms with Gasteiger partial charge in [-0.15, -0.1) is 0 Å². The van der Waals surface area contributed by atoms with Crippen molar-refractivity contribution in [1.29, 1.82) is 0 Å². The SMILES string of the molecule is O=C(NCCc1ccncc1)NC1CCCC1. The molecule has 0 spiro atoms.